The van der Waals surface area contributed by atoms with Gasteiger partial charge in [-0.3, -0.25) is 14.5 Å². The van der Waals surface area contributed by atoms with Crippen molar-refractivity contribution in [2.45, 2.75) is 39.0 Å². The number of rotatable bonds is 3. The number of Topliss-reactive ketones (excluding diaryl/α,β-unsaturated/α-hetero) is 1. The van der Waals surface area contributed by atoms with Gasteiger partial charge in [0.1, 0.15) is 11.6 Å². The van der Waals surface area contributed by atoms with Crippen LogP contribution in [0.1, 0.15) is 44.6 Å². The van der Waals surface area contributed by atoms with Crippen LogP contribution < -0.4 is 9.64 Å². The van der Waals surface area contributed by atoms with Gasteiger partial charge in [-0.2, -0.15) is 0 Å². The van der Waals surface area contributed by atoms with Crippen molar-refractivity contribution in [3.63, 3.8) is 0 Å². The molecule has 0 aromatic heterocycles. The van der Waals surface area contributed by atoms with Gasteiger partial charge in [0.15, 0.2) is 5.78 Å². The summed E-state index contributed by atoms with van der Waals surface area (Å²) in [5, 5.41) is 0. The van der Waals surface area contributed by atoms with Crippen molar-refractivity contribution in [2.24, 2.45) is 5.41 Å². The lowest BCUT2D eigenvalue weighted by atomic mass is 9.69. The second-order valence-electron chi connectivity index (χ2n) is 8.54. The van der Waals surface area contributed by atoms with Crippen molar-refractivity contribution in [1.82, 2.24) is 0 Å². The first kappa shape index (κ1) is 19.4. The fraction of sp³-hybridized carbons (Fsp3) is 0.333. The van der Waals surface area contributed by atoms with Crippen molar-refractivity contribution in [3.8, 4) is 5.75 Å². The molecular formula is C24H24FNO3. The smallest absolute Gasteiger partial charge is 0.232 e. The fourth-order valence-corrected chi connectivity index (χ4v) is 4.47. The van der Waals surface area contributed by atoms with Gasteiger partial charge in [0.25, 0.3) is 0 Å². The van der Waals surface area contributed by atoms with Crippen LogP contribution in [0.4, 0.5) is 10.1 Å². The molecule has 1 atom stereocenters. The first-order chi connectivity index (χ1) is 13.8. The van der Waals surface area contributed by atoms with Crippen molar-refractivity contribution < 1.29 is 18.7 Å². The van der Waals surface area contributed by atoms with Gasteiger partial charge >= 0.3 is 0 Å². The SMILES string of the molecule is COc1cccc(C2CC(=O)N(c3cccc(F)c3)C3=C2C(=O)CC(C)(C)C3)c1. The van der Waals surface area contributed by atoms with Crippen LogP contribution in [0.15, 0.2) is 59.8 Å². The molecule has 150 valence electrons. The van der Waals surface area contributed by atoms with Crippen LogP contribution in [-0.4, -0.2) is 18.8 Å². The van der Waals surface area contributed by atoms with E-state index in [9.17, 15) is 14.0 Å². The van der Waals surface area contributed by atoms with Crippen LogP contribution in [0, 0.1) is 11.2 Å². The molecule has 5 heteroatoms. The van der Waals surface area contributed by atoms with E-state index in [2.05, 4.69) is 0 Å². The molecule has 0 bridgehead atoms. The molecule has 2 aromatic rings. The zero-order valence-corrected chi connectivity index (χ0v) is 16.9. The summed E-state index contributed by atoms with van der Waals surface area (Å²) in [6, 6.07) is 13.5. The van der Waals surface area contributed by atoms with E-state index in [1.54, 1.807) is 24.1 Å². The number of anilines is 1. The van der Waals surface area contributed by atoms with E-state index >= 15 is 0 Å². The minimum Gasteiger partial charge on any atom is -0.497 e. The van der Waals surface area contributed by atoms with Crippen molar-refractivity contribution >= 4 is 17.4 Å². The molecule has 4 rings (SSSR count). The number of methoxy groups -OCH3 is 1. The average molecular weight is 393 g/mol. The number of hydrogen-bond acceptors (Lipinski definition) is 3. The van der Waals surface area contributed by atoms with Gasteiger partial charge in [-0.15, -0.1) is 0 Å². The number of carbonyl (C=O) groups is 2. The highest BCUT2D eigenvalue weighted by Gasteiger charge is 2.44. The third-order valence-corrected chi connectivity index (χ3v) is 5.71. The highest BCUT2D eigenvalue weighted by atomic mass is 19.1. The molecule has 1 aliphatic carbocycles. The number of hydrogen-bond donors (Lipinski definition) is 0. The molecule has 0 N–H and O–H groups in total. The maximum absolute atomic E-state index is 13.9. The quantitative estimate of drug-likeness (QED) is 0.737. The van der Waals surface area contributed by atoms with Crippen LogP contribution >= 0.6 is 0 Å². The third-order valence-electron chi connectivity index (χ3n) is 5.71. The maximum atomic E-state index is 13.9. The first-order valence-corrected chi connectivity index (χ1v) is 9.78. The van der Waals surface area contributed by atoms with E-state index in [4.69, 9.17) is 4.74 Å². The number of allylic oxidation sites excluding steroid dienone is 2. The highest BCUT2D eigenvalue weighted by molar-refractivity contribution is 6.07. The van der Waals surface area contributed by atoms with E-state index in [0.717, 1.165) is 5.56 Å². The molecule has 0 saturated carbocycles. The Balaban J connectivity index is 1.90. The number of halogens is 1. The molecule has 1 heterocycles. The first-order valence-electron chi connectivity index (χ1n) is 9.78. The van der Waals surface area contributed by atoms with Gasteiger partial charge in [0, 0.05) is 30.0 Å². The molecule has 2 aliphatic rings. The Labute approximate surface area is 170 Å². The van der Waals surface area contributed by atoms with Gasteiger partial charge in [0.2, 0.25) is 5.91 Å². The maximum Gasteiger partial charge on any atom is 0.232 e. The topological polar surface area (TPSA) is 46.6 Å². The average Bonchev–Trinajstić information content (AvgIpc) is 2.66. The van der Waals surface area contributed by atoms with E-state index in [0.29, 0.717) is 35.5 Å². The van der Waals surface area contributed by atoms with E-state index < -0.39 is 5.82 Å². The highest BCUT2D eigenvalue weighted by Crippen LogP contribution is 2.48. The Morgan fingerprint density at radius 2 is 1.83 bits per heavy atom. The zero-order chi connectivity index (χ0) is 20.8. The van der Waals surface area contributed by atoms with Gasteiger partial charge in [-0.1, -0.05) is 32.0 Å². The summed E-state index contributed by atoms with van der Waals surface area (Å²) in [6.07, 6.45) is 1.17. The lowest BCUT2D eigenvalue weighted by molar-refractivity contribution is -0.121. The second-order valence-corrected chi connectivity index (χ2v) is 8.54. The number of amides is 1. The summed E-state index contributed by atoms with van der Waals surface area (Å²) in [6.45, 7) is 4.05. The molecule has 1 aliphatic heterocycles. The number of benzene rings is 2. The molecule has 0 radical (unpaired) electrons. The number of ketones is 1. The van der Waals surface area contributed by atoms with Crippen molar-refractivity contribution in [1.29, 1.82) is 0 Å². The normalized spacial score (nSPS) is 21.2. The summed E-state index contributed by atoms with van der Waals surface area (Å²) in [5.74, 6) is -0.117. The summed E-state index contributed by atoms with van der Waals surface area (Å²) in [7, 11) is 1.59. The Bertz CT molecular complexity index is 1020. The standard InChI is InChI=1S/C24H24FNO3/c1-24(2)13-20-23(21(27)14-24)19(15-6-4-9-18(10-15)29-3)12-22(28)26(20)17-8-5-7-16(25)11-17/h4-11,19H,12-14H2,1-3H3. The Morgan fingerprint density at radius 1 is 1.07 bits per heavy atom. The molecule has 2 aromatic carbocycles. The zero-order valence-electron chi connectivity index (χ0n) is 16.9. The lowest BCUT2D eigenvalue weighted by Gasteiger charge is -2.43. The van der Waals surface area contributed by atoms with Gasteiger partial charge in [-0.25, -0.2) is 4.39 Å². The summed E-state index contributed by atoms with van der Waals surface area (Å²) in [5.41, 5.74) is 2.45. The predicted octanol–water partition coefficient (Wildman–Crippen LogP) is 5.00. The Hall–Kier alpha value is -2.95. The third kappa shape index (κ3) is 3.57. The molecule has 0 fully saturated rings. The molecule has 4 nitrogen and oxygen atoms in total. The number of nitrogens with zero attached hydrogens (tertiary/aromatic N) is 1. The molecular weight excluding hydrogens is 369 g/mol. The minimum atomic E-state index is -0.409. The van der Waals surface area contributed by atoms with Crippen molar-refractivity contribution in [3.05, 3.63) is 71.2 Å². The molecule has 0 saturated heterocycles. The molecule has 0 spiro atoms. The number of ether oxygens (including phenoxy) is 1. The summed E-state index contributed by atoms with van der Waals surface area (Å²) >= 11 is 0. The fourth-order valence-electron chi connectivity index (χ4n) is 4.47. The second kappa shape index (κ2) is 7.14. The molecule has 1 unspecified atom stereocenters. The minimum absolute atomic E-state index is 0.0537. The van der Waals surface area contributed by atoms with Crippen molar-refractivity contribution in [2.75, 3.05) is 12.0 Å². The molecule has 1 amide bonds. The van der Waals surface area contributed by atoms with E-state index in [1.807, 2.05) is 38.1 Å². The van der Waals surface area contributed by atoms with E-state index in [-0.39, 0.29) is 29.4 Å². The predicted molar refractivity (Wildman–Crippen MR) is 109 cm³/mol. The van der Waals surface area contributed by atoms with Gasteiger partial charge in [-0.05, 0) is 47.7 Å². The van der Waals surface area contributed by atoms with Crippen LogP contribution in [0.3, 0.4) is 0 Å². The monoisotopic (exact) mass is 393 g/mol. The van der Waals surface area contributed by atoms with E-state index in [1.165, 1.54) is 12.1 Å². The lowest BCUT2D eigenvalue weighted by Crippen LogP contribution is -2.43. The van der Waals surface area contributed by atoms with Crippen LogP contribution in [0.2, 0.25) is 0 Å². The Kier molecular flexibility index (Phi) is 4.77. The Morgan fingerprint density at radius 3 is 2.55 bits per heavy atom. The molecule has 29 heavy (non-hydrogen) atoms. The van der Waals surface area contributed by atoms with Gasteiger partial charge < -0.3 is 4.74 Å². The summed E-state index contributed by atoms with van der Waals surface area (Å²) in [4.78, 5) is 28.0. The van der Waals surface area contributed by atoms with Crippen LogP contribution in [0.25, 0.3) is 0 Å². The van der Waals surface area contributed by atoms with Crippen LogP contribution in [-0.2, 0) is 9.59 Å². The van der Waals surface area contributed by atoms with Crippen LogP contribution in [0.5, 0.6) is 5.75 Å². The summed E-state index contributed by atoms with van der Waals surface area (Å²) < 4.78 is 19.2. The largest absolute Gasteiger partial charge is 0.497 e. The number of carbonyl (C=O) groups excluding carboxylic acids is 2. The van der Waals surface area contributed by atoms with Gasteiger partial charge in [0.05, 0.1) is 12.8 Å².